The lowest BCUT2D eigenvalue weighted by molar-refractivity contribution is 0.824. The van der Waals surface area contributed by atoms with Crippen LogP contribution in [0, 0.1) is 0 Å². The number of rotatable bonds is 2. The molecular weight excluding hydrogens is 167 g/mol. The maximum atomic E-state index is 2.38. The minimum atomic E-state index is -0.638. The van der Waals surface area contributed by atoms with Crippen molar-refractivity contribution in [2.24, 2.45) is 0 Å². The molecule has 1 nitrogen and oxygen atoms in total. The van der Waals surface area contributed by atoms with Gasteiger partial charge in [-0.2, -0.15) is 0 Å². The summed E-state index contributed by atoms with van der Waals surface area (Å²) in [5.74, 6) is 0. The topological polar surface area (TPSA) is 31.5 Å². The van der Waals surface area contributed by atoms with E-state index in [-0.39, 0.29) is 5.48 Å². The molecule has 0 saturated heterocycles. The minimum Gasteiger partial charge on any atom is -0.412 e. The van der Waals surface area contributed by atoms with Crippen molar-refractivity contribution in [2.75, 3.05) is 20.0 Å². The van der Waals surface area contributed by atoms with Crippen LogP contribution in [0.5, 0.6) is 0 Å². The van der Waals surface area contributed by atoms with Crippen molar-refractivity contribution in [3.8, 4) is 0 Å². The standard InChI is InChI=1S/C10H16P.H2O/c1-11(2,3)9-10-7-5-4-6-8-10;/h4-8H,9H2,1-3H3;1H2. The number of hydrogen-bond acceptors (Lipinski definition) is 0. The molecule has 0 bridgehead atoms. The van der Waals surface area contributed by atoms with Gasteiger partial charge < -0.3 is 5.48 Å². The Morgan fingerprint density at radius 3 is 1.92 bits per heavy atom. The molecule has 69 valence electrons. The molecule has 12 heavy (non-hydrogen) atoms. The zero-order valence-electron chi connectivity index (χ0n) is 8.04. The Morgan fingerprint density at radius 1 is 1.00 bits per heavy atom. The predicted molar refractivity (Wildman–Crippen MR) is 58.5 cm³/mol. The van der Waals surface area contributed by atoms with Crippen molar-refractivity contribution in [3.05, 3.63) is 35.9 Å². The Bertz CT molecular complexity index is 213. The van der Waals surface area contributed by atoms with Gasteiger partial charge in [-0.1, -0.05) is 30.3 Å². The van der Waals surface area contributed by atoms with Gasteiger partial charge in [0.25, 0.3) is 0 Å². The highest BCUT2D eigenvalue weighted by atomic mass is 31.2. The van der Waals surface area contributed by atoms with Gasteiger partial charge in [-0.05, 0) is 31.7 Å². The molecule has 0 fully saturated rings. The third-order valence-electron chi connectivity index (χ3n) is 1.50. The Morgan fingerprint density at radius 2 is 1.50 bits per heavy atom. The summed E-state index contributed by atoms with van der Waals surface area (Å²) in [6.07, 6.45) is 1.27. The lowest BCUT2D eigenvalue weighted by atomic mass is 10.2. The van der Waals surface area contributed by atoms with Crippen LogP contribution in [-0.2, 0) is 6.16 Å². The van der Waals surface area contributed by atoms with E-state index in [0.717, 1.165) is 0 Å². The molecular formula is C10H18OP. The van der Waals surface area contributed by atoms with E-state index in [1.165, 1.54) is 11.7 Å². The van der Waals surface area contributed by atoms with Crippen LogP contribution >= 0.6 is 7.26 Å². The van der Waals surface area contributed by atoms with Crippen molar-refractivity contribution in [2.45, 2.75) is 6.16 Å². The fraction of sp³-hybridized carbons (Fsp3) is 0.400. The van der Waals surface area contributed by atoms with Crippen LogP contribution in [0.4, 0.5) is 0 Å². The third-order valence-corrected chi connectivity index (χ3v) is 2.81. The van der Waals surface area contributed by atoms with Crippen LogP contribution in [0.15, 0.2) is 30.3 Å². The molecule has 1 aromatic carbocycles. The Kier molecular flexibility index (Phi) is 4.44. The van der Waals surface area contributed by atoms with E-state index in [4.69, 9.17) is 0 Å². The van der Waals surface area contributed by atoms with Crippen LogP contribution in [0.2, 0.25) is 0 Å². The van der Waals surface area contributed by atoms with Crippen LogP contribution in [0.25, 0.3) is 0 Å². The summed E-state index contributed by atoms with van der Waals surface area (Å²) >= 11 is 0. The second-order valence-electron chi connectivity index (χ2n) is 3.93. The predicted octanol–water partition coefficient (Wildman–Crippen LogP) is 2.27. The number of hydrogen-bond donors (Lipinski definition) is 0. The SMILES string of the molecule is C[P](C)(C)Cc1ccccc1.O. The third kappa shape index (κ3) is 4.48. The van der Waals surface area contributed by atoms with E-state index in [0.29, 0.717) is 0 Å². The van der Waals surface area contributed by atoms with E-state index in [1.807, 2.05) is 0 Å². The summed E-state index contributed by atoms with van der Waals surface area (Å²) in [6, 6.07) is 10.7. The van der Waals surface area contributed by atoms with Crippen molar-refractivity contribution < 1.29 is 5.48 Å². The maximum Gasteiger partial charge on any atom is -0.0114 e. The van der Waals surface area contributed by atoms with Crippen LogP contribution < -0.4 is 0 Å². The molecule has 0 saturated carbocycles. The van der Waals surface area contributed by atoms with Gasteiger partial charge >= 0.3 is 0 Å². The van der Waals surface area contributed by atoms with Gasteiger partial charge in [0.05, 0.1) is 0 Å². The fourth-order valence-corrected chi connectivity index (χ4v) is 2.44. The molecule has 2 N–H and O–H groups in total. The van der Waals surface area contributed by atoms with E-state index >= 15 is 0 Å². The fourth-order valence-electron chi connectivity index (χ4n) is 1.13. The molecule has 1 rings (SSSR count). The summed E-state index contributed by atoms with van der Waals surface area (Å²) in [5, 5.41) is 0. The van der Waals surface area contributed by atoms with Gasteiger partial charge in [0.2, 0.25) is 0 Å². The second kappa shape index (κ2) is 4.59. The molecule has 0 aliphatic heterocycles. The highest BCUT2D eigenvalue weighted by Gasteiger charge is 2.06. The molecule has 0 heterocycles. The summed E-state index contributed by atoms with van der Waals surface area (Å²) in [7, 11) is -0.638. The summed E-state index contributed by atoms with van der Waals surface area (Å²) < 4.78 is 0. The van der Waals surface area contributed by atoms with Gasteiger partial charge in [0.15, 0.2) is 0 Å². The molecule has 0 atom stereocenters. The van der Waals surface area contributed by atoms with Crippen LogP contribution in [0.1, 0.15) is 5.56 Å². The Balaban J connectivity index is 0.00000121. The van der Waals surface area contributed by atoms with Crippen LogP contribution in [0.3, 0.4) is 0 Å². The first-order valence-electron chi connectivity index (χ1n) is 3.92. The van der Waals surface area contributed by atoms with Gasteiger partial charge in [0.1, 0.15) is 0 Å². The van der Waals surface area contributed by atoms with Gasteiger partial charge in [-0.25, -0.2) is 0 Å². The molecule has 0 aliphatic carbocycles. The van der Waals surface area contributed by atoms with E-state index < -0.39 is 7.26 Å². The van der Waals surface area contributed by atoms with Crippen LogP contribution in [-0.4, -0.2) is 25.5 Å². The molecule has 0 unspecified atom stereocenters. The maximum absolute atomic E-state index is 2.38. The van der Waals surface area contributed by atoms with Gasteiger partial charge in [0, 0.05) is 0 Å². The second-order valence-corrected chi connectivity index (χ2v) is 8.83. The van der Waals surface area contributed by atoms with Crippen molar-refractivity contribution in [1.29, 1.82) is 0 Å². The van der Waals surface area contributed by atoms with E-state index in [2.05, 4.69) is 50.3 Å². The average Bonchev–Trinajstić information content (AvgIpc) is 1.85. The molecule has 2 heteroatoms. The summed E-state index contributed by atoms with van der Waals surface area (Å²) in [6.45, 7) is 7.12. The number of benzene rings is 1. The molecule has 1 radical (unpaired) electrons. The van der Waals surface area contributed by atoms with E-state index in [9.17, 15) is 0 Å². The van der Waals surface area contributed by atoms with Crippen molar-refractivity contribution >= 4 is 7.26 Å². The molecule has 0 aromatic heterocycles. The zero-order chi connectivity index (χ0) is 8.32. The lowest BCUT2D eigenvalue weighted by Crippen LogP contribution is -1.90. The summed E-state index contributed by atoms with van der Waals surface area (Å²) in [4.78, 5) is 0. The highest BCUT2D eigenvalue weighted by Crippen LogP contribution is 2.49. The monoisotopic (exact) mass is 185 g/mol. The van der Waals surface area contributed by atoms with Crippen molar-refractivity contribution in [3.63, 3.8) is 0 Å². The van der Waals surface area contributed by atoms with E-state index in [1.54, 1.807) is 0 Å². The van der Waals surface area contributed by atoms with Gasteiger partial charge in [-0.3, -0.25) is 0 Å². The smallest absolute Gasteiger partial charge is 0.0114 e. The largest absolute Gasteiger partial charge is 0.412 e. The molecule has 1 aromatic rings. The normalized spacial score (nSPS) is 10.6. The summed E-state index contributed by atoms with van der Waals surface area (Å²) in [5.41, 5.74) is 1.48. The first-order valence-corrected chi connectivity index (χ1v) is 7.24. The first-order chi connectivity index (χ1) is 5.08. The molecule has 0 spiro atoms. The Labute approximate surface area is 75.5 Å². The van der Waals surface area contributed by atoms with Gasteiger partial charge in [-0.15, -0.1) is 7.26 Å². The Hall–Kier alpha value is -0.390. The minimum absolute atomic E-state index is 0. The highest BCUT2D eigenvalue weighted by molar-refractivity contribution is 7.72. The quantitative estimate of drug-likeness (QED) is 0.633. The first kappa shape index (κ1) is 11.6. The molecule has 0 aliphatic rings. The average molecular weight is 185 g/mol. The van der Waals surface area contributed by atoms with Crippen molar-refractivity contribution in [1.82, 2.24) is 0 Å². The lowest BCUT2D eigenvalue weighted by Gasteiger charge is -2.20. The zero-order valence-corrected chi connectivity index (χ0v) is 8.94. The molecule has 0 amide bonds.